The lowest BCUT2D eigenvalue weighted by atomic mass is 10.0. The summed E-state index contributed by atoms with van der Waals surface area (Å²) < 4.78 is 61.7. The van der Waals surface area contributed by atoms with E-state index in [1.807, 2.05) is 0 Å². The first-order valence-corrected chi connectivity index (χ1v) is 11.4. The molecule has 3 aromatic rings. The third-order valence-corrected chi connectivity index (χ3v) is 5.85. The lowest BCUT2D eigenvalue weighted by Crippen LogP contribution is -2.37. The van der Waals surface area contributed by atoms with Crippen LogP contribution in [-0.2, 0) is 23.9 Å². The summed E-state index contributed by atoms with van der Waals surface area (Å²) in [6.07, 6.45) is -3.00. The summed E-state index contributed by atoms with van der Waals surface area (Å²) in [7, 11) is 0. The van der Waals surface area contributed by atoms with Crippen LogP contribution < -0.4 is 4.90 Å². The van der Waals surface area contributed by atoms with Crippen molar-refractivity contribution in [2.45, 2.75) is 52.5 Å². The molecule has 0 aliphatic heterocycles. The first-order chi connectivity index (χ1) is 16.7. The van der Waals surface area contributed by atoms with Gasteiger partial charge in [0.1, 0.15) is 11.4 Å². The average molecular weight is 527 g/mol. The number of pyridine rings is 1. The maximum absolute atomic E-state index is 14.9. The number of aliphatic hydroxyl groups is 1. The predicted molar refractivity (Wildman–Crippen MR) is 125 cm³/mol. The number of aromatic nitrogens is 3. The van der Waals surface area contributed by atoms with E-state index in [1.54, 1.807) is 27.7 Å². The molecule has 0 unspecified atom stereocenters. The molecule has 12 heteroatoms. The smallest absolute Gasteiger partial charge is 0.435 e. The summed E-state index contributed by atoms with van der Waals surface area (Å²) in [6.45, 7) is 6.13. The zero-order valence-corrected chi connectivity index (χ0v) is 20.6. The van der Waals surface area contributed by atoms with Crippen LogP contribution in [0.5, 0.6) is 0 Å². The number of fused-ring (bicyclic) bond motifs is 3. The van der Waals surface area contributed by atoms with Gasteiger partial charge >= 0.3 is 12.3 Å². The van der Waals surface area contributed by atoms with Gasteiger partial charge in [-0.25, -0.2) is 13.9 Å². The van der Waals surface area contributed by atoms with Gasteiger partial charge in [-0.1, -0.05) is 11.6 Å². The largest absolute Gasteiger partial charge is 0.443 e. The van der Waals surface area contributed by atoms with Crippen molar-refractivity contribution in [1.82, 2.24) is 14.8 Å². The van der Waals surface area contributed by atoms with E-state index in [4.69, 9.17) is 16.3 Å². The molecule has 2 heterocycles. The maximum atomic E-state index is 14.9. The molecule has 192 valence electrons. The topological polar surface area (TPSA) is 80.5 Å². The van der Waals surface area contributed by atoms with Crippen LogP contribution in [0.3, 0.4) is 0 Å². The molecule has 0 radical (unpaired) electrons. The van der Waals surface area contributed by atoms with Gasteiger partial charge in [-0.3, -0.25) is 9.88 Å². The van der Waals surface area contributed by atoms with Crippen LogP contribution in [0, 0.1) is 5.82 Å². The van der Waals surface area contributed by atoms with E-state index in [0.717, 1.165) is 10.9 Å². The SMILES string of the molecule is CCN(C(=O)OC(C)(C)C)c1cc(F)cc2c1Cc1ncc(Cl)c(-n3cc(CO)c(C(F)(F)F)n3)c1-2. The summed E-state index contributed by atoms with van der Waals surface area (Å²) >= 11 is 6.38. The second kappa shape index (κ2) is 9.04. The third kappa shape index (κ3) is 4.64. The lowest BCUT2D eigenvalue weighted by molar-refractivity contribution is -0.142. The van der Waals surface area contributed by atoms with Gasteiger partial charge in [-0.05, 0) is 51.0 Å². The molecule has 0 saturated carbocycles. The Labute approximate surface area is 209 Å². The molecule has 2 aromatic heterocycles. The predicted octanol–water partition coefficient (Wildman–Crippen LogP) is 5.90. The first-order valence-electron chi connectivity index (χ1n) is 11.0. The van der Waals surface area contributed by atoms with Gasteiger partial charge in [-0.2, -0.15) is 18.3 Å². The molecule has 1 aliphatic carbocycles. The highest BCUT2D eigenvalue weighted by Crippen LogP contribution is 2.46. The van der Waals surface area contributed by atoms with Gasteiger partial charge in [0.15, 0.2) is 5.69 Å². The third-order valence-electron chi connectivity index (χ3n) is 5.57. The number of benzene rings is 1. The lowest BCUT2D eigenvalue weighted by Gasteiger charge is -2.28. The highest BCUT2D eigenvalue weighted by molar-refractivity contribution is 6.33. The van der Waals surface area contributed by atoms with E-state index >= 15 is 0 Å². The Morgan fingerprint density at radius 1 is 1.28 bits per heavy atom. The summed E-state index contributed by atoms with van der Waals surface area (Å²) in [6, 6.07) is 2.43. The van der Waals surface area contributed by atoms with Crippen LogP contribution in [0.4, 0.5) is 28.0 Å². The summed E-state index contributed by atoms with van der Waals surface area (Å²) in [5, 5.41) is 13.1. The Morgan fingerprint density at radius 2 is 1.97 bits per heavy atom. The molecule has 0 saturated heterocycles. The minimum atomic E-state index is -4.81. The molecular weight excluding hydrogens is 504 g/mol. The van der Waals surface area contributed by atoms with Crippen molar-refractivity contribution in [3.8, 4) is 16.8 Å². The number of hydrogen-bond donors (Lipinski definition) is 1. The summed E-state index contributed by atoms with van der Waals surface area (Å²) in [5.41, 5.74) is -0.590. The molecule has 36 heavy (non-hydrogen) atoms. The van der Waals surface area contributed by atoms with Gasteiger partial charge in [0.2, 0.25) is 0 Å². The first kappa shape index (κ1) is 25.9. The van der Waals surface area contributed by atoms with E-state index in [1.165, 1.54) is 23.2 Å². The van der Waals surface area contributed by atoms with Gasteiger partial charge in [0.05, 0.1) is 28.7 Å². The van der Waals surface area contributed by atoms with E-state index in [0.29, 0.717) is 22.4 Å². The quantitative estimate of drug-likeness (QED) is 0.335. The minimum Gasteiger partial charge on any atom is -0.443 e. The van der Waals surface area contributed by atoms with Gasteiger partial charge in [0.25, 0.3) is 0 Å². The van der Waals surface area contributed by atoms with Crippen LogP contribution in [0.1, 0.15) is 50.2 Å². The van der Waals surface area contributed by atoms with Crippen molar-refractivity contribution in [1.29, 1.82) is 0 Å². The Balaban J connectivity index is 1.91. The number of amides is 1. The molecule has 1 aromatic carbocycles. The second-order valence-electron chi connectivity index (χ2n) is 9.23. The number of aliphatic hydroxyl groups excluding tert-OH is 1. The summed E-state index contributed by atoms with van der Waals surface area (Å²) in [4.78, 5) is 18.5. The minimum absolute atomic E-state index is 0.0207. The van der Waals surface area contributed by atoms with Gasteiger partial charge in [-0.15, -0.1) is 0 Å². The van der Waals surface area contributed by atoms with Gasteiger partial charge in [0, 0.05) is 36.5 Å². The van der Waals surface area contributed by atoms with Crippen LogP contribution >= 0.6 is 11.6 Å². The maximum Gasteiger partial charge on any atom is 0.435 e. The number of ether oxygens (including phenoxy) is 1. The van der Waals surface area contributed by atoms with Crippen LogP contribution in [0.25, 0.3) is 16.8 Å². The molecule has 7 nitrogen and oxygen atoms in total. The fourth-order valence-corrected chi connectivity index (χ4v) is 4.42. The standard InChI is InChI=1S/C24H23ClF4N4O3/c1-5-32(22(35)36-23(2,3)4)18-7-13(26)6-15-14(18)8-17-19(15)20(16(25)9-30-17)33-10-12(11-34)21(31-33)24(27,28)29/h6-7,9-10,34H,5,8,11H2,1-4H3. The number of hydrogen-bond acceptors (Lipinski definition) is 5. The highest BCUT2D eigenvalue weighted by atomic mass is 35.5. The Kier molecular flexibility index (Phi) is 6.50. The van der Waals surface area contributed by atoms with E-state index < -0.39 is 41.6 Å². The number of alkyl halides is 3. The average Bonchev–Trinajstić information content (AvgIpc) is 3.35. The molecular formula is C24H23ClF4N4O3. The molecule has 0 bridgehead atoms. The molecule has 0 atom stereocenters. The zero-order chi connectivity index (χ0) is 26.6. The summed E-state index contributed by atoms with van der Waals surface area (Å²) in [5.74, 6) is -0.669. The number of carbonyl (C=O) groups is 1. The Morgan fingerprint density at radius 3 is 2.53 bits per heavy atom. The molecule has 1 N–H and O–H groups in total. The Bertz CT molecular complexity index is 1350. The van der Waals surface area contributed by atoms with Crippen molar-refractivity contribution in [2.24, 2.45) is 0 Å². The van der Waals surface area contributed by atoms with Crippen molar-refractivity contribution in [3.05, 3.63) is 57.9 Å². The van der Waals surface area contributed by atoms with Crippen LogP contribution in [0.2, 0.25) is 5.02 Å². The monoisotopic (exact) mass is 526 g/mol. The van der Waals surface area contributed by atoms with Crippen molar-refractivity contribution < 1.29 is 32.2 Å². The van der Waals surface area contributed by atoms with Gasteiger partial charge < -0.3 is 9.84 Å². The highest BCUT2D eigenvalue weighted by Gasteiger charge is 2.38. The molecule has 0 spiro atoms. The number of anilines is 1. The fraction of sp³-hybridized carbons (Fsp3) is 0.375. The molecule has 4 rings (SSSR count). The van der Waals surface area contributed by atoms with Crippen molar-refractivity contribution in [3.63, 3.8) is 0 Å². The van der Waals surface area contributed by atoms with E-state index in [9.17, 15) is 27.5 Å². The molecule has 1 aliphatic rings. The van der Waals surface area contributed by atoms with Crippen LogP contribution in [-0.4, -0.2) is 38.1 Å². The second-order valence-corrected chi connectivity index (χ2v) is 9.64. The van der Waals surface area contributed by atoms with E-state index in [-0.39, 0.29) is 29.4 Å². The molecule has 1 amide bonds. The van der Waals surface area contributed by atoms with E-state index in [2.05, 4.69) is 10.1 Å². The van der Waals surface area contributed by atoms with Crippen molar-refractivity contribution >= 4 is 23.4 Å². The number of halogens is 5. The van der Waals surface area contributed by atoms with Crippen LogP contribution in [0.15, 0.2) is 24.5 Å². The van der Waals surface area contributed by atoms with Crippen molar-refractivity contribution in [2.75, 3.05) is 11.4 Å². The zero-order valence-electron chi connectivity index (χ0n) is 19.9. The molecule has 0 fully saturated rings. The number of rotatable bonds is 4. The number of carbonyl (C=O) groups excluding carboxylic acids is 1. The number of nitrogens with zero attached hydrogens (tertiary/aromatic N) is 4. The Hall–Kier alpha value is -3.18. The normalized spacial score (nSPS) is 12.9. The fourth-order valence-electron chi connectivity index (χ4n) is 4.19.